The molecule has 2 rings (SSSR count). The summed E-state index contributed by atoms with van der Waals surface area (Å²) in [4.78, 5) is 22.9. The molecule has 0 amide bonds. The summed E-state index contributed by atoms with van der Waals surface area (Å²) in [5.74, 6) is -0.584. The van der Waals surface area contributed by atoms with E-state index in [0.717, 1.165) is 11.1 Å². The molecule has 1 atom stereocenters. The lowest BCUT2D eigenvalue weighted by molar-refractivity contribution is -0.125. The Bertz CT molecular complexity index is 479. The monoisotopic (exact) mass is 238 g/mol. The minimum absolute atomic E-state index is 0.140. The van der Waals surface area contributed by atoms with Crippen LogP contribution in [0.2, 0.25) is 5.02 Å². The summed E-state index contributed by atoms with van der Waals surface area (Å²) in [7, 11) is 0. The van der Waals surface area contributed by atoms with Crippen molar-refractivity contribution >= 4 is 23.4 Å². The first kappa shape index (κ1) is 11.1. The molecule has 0 radical (unpaired) electrons. The van der Waals surface area contributed by atoms with Crippen molar-refractivity contribution in [3.63, 3.8) is 0 Å². The third-order valence-electron chi connectivity index (χ3n) is 2.84. The fraction of sp³-hybridized carbons (Fsp3) is 0.333. The van der Waals surface area contributed by atoms with Gasteiger partial charge < -0.3 is 4.74 Å². The number of benzene rings is 1. The van der Waals surface area contributed by atoms with Crippen LogP contribution in [0.1, 0.15) is 28.4 Å². The second-order valence-corrected chi connectivity index (χ2v) is 4.31. The topological polar surface area (TPSA) is 43.4 Å². The van der Waals surface area contributed by atoms with Gasteiger partial charge in [-0.15, -0.1) is 0 Å². The molecule has 1 aromatic rings. The molecule has 84 valence electrons. The fourth-order valence-electron chi connectivity index (χ4n) is 1.83. The van der Waals surface area contributed by atoms with Crippen molar-refractivity contribution in [2.24, 2.45) is 0 Å². The van der Waals surface area contributed by atoms with Crippen LogP contribution in [0.4, 0.5) is 0 Å². The minimum atomic E-state index is -0.669. The van der Waals surface area contributed by atoms with Crippen molar-refractivity contribution in [1.82, 2.24) is 0 Å². The number of fused-ring (bicyclic) bond motifs is 1. The standard InChI is InChI=1S/C12H11ClO3/c1-6-9-5-11(7(2)14)16-12(15)8(9)3-4-10(6)13/h3-4,11H,5H2,1-2H3. The number of halogens is 1. The highest BCUT2D eigenvalue weighted by Crippen LogP contribution is 2.28. The number of hydrogen-bond acceptors (Lipinski definition) is 3. The molecular formula is C12H11ClO3. The maximum absolute atomic E-state index is 11.6. The van der Waals surface area contributed by atoms with Crippen LogP contribution in [0.5, 0.6) is 0 Å². The van der Waals surface area contributed by atoms with Gasteiger partial charge in [-0.2, -0.15) is 0 Å². The molecule has 1 unspecified atom stereocenters. The molecule has 1 aromatic carbocycles. The lowest BCUT2D eigenvalue weighted by Gasteiger charge is -2.24. The molecule has 0 saturated heterocycles. The van der Waals surface area contributed by atoms with Gasteiger partial charge in [-0.05, 0) is 37.1 Å². The van der Waals surface area contributed by atoms with Crippen LogP contribution < -0.4 is 0 Å². The van der Waals surface area contributed by atoms with Crippen molar-refractivity contribution in [2.75, 3.05) is 0 Å². The van der Waals surface area contributed by atoms with Crippen molar-refractivity contribution in [2.45, 2.75) is 26.4 Å². The SMILES string of the molecule is CC(=O)C1Cc2c(ccc(Cl)c2C)C(=O)O1. The number of ether oxygens (including phenoxy) is 1. The molecule has 0 aromatic heterocycles. The van der Waals surface area contributed by atoms with Gasteiger partial charge in [0.25, 0.3) is 0 Å². The molecule has 4 heteroatoms. The zero-order chi connectivity index (χ0) is 11.9. The van der Waals surface area contributed by atoms with E-state index in [0.29, 0.717) is 17.0 Å². The first-order valence-electron chi connectivity index (χ1n) is 5.00. The van der Waals surface area contributed by atoms with Gasteiger partial charge in [-0.3, -0.25) is 4.79 Å². The number of ketones is 1. The summed E-state index contributed by atoms with van der Waals surface area (Å²) in [6, 6.07) is 3.31. The van der Waals surface area contributed by atoms with E-state index < -0.39 is 12.1 Å². The lowest BCUT2D eigenvalue weighted by atomic mass is 9.93. The summed E-state index contributed by atoms with van der Waals surface area (Å²) >= 11 is 5.98. The first-order chi connectivity index (χ1) is 7.50. The number of carbonyl (C=O) groups is 2. The first-order valence-corrected chi connectivity index (χ1v) is 5.38. The van der Waals surface area contributed by atoms with Gasteiger partial charge in [-0.1, -0.05) is 11.6 Å². The Labute approximate surface area is 98.4 Å². The predicted octanol–water partition coefficient (Wildman–Crippen LogP) is 2.32. The molecule has 0 spiro atoms. The zero-order valence-corrected chi connectivity index (χ0v) is 9.80. The van der Waals surface area contributed by atoms with Gasteiger partial charge >= 0.3 is 5.97 Å². The van der Waals surface area contributed by atoms with Gasteiger partial charge in [0.2, 0.25) is 0 Å². The third-order valence-corrected chi connectivity index (χ3v) is 3.25. The molecule has 0 saturated carbocycles. The molecule has 0 N–H and O–H groups in total. The number of Topliss-reactive ketones (excluding diaryl/α,β-unsaturated/α-hetero) is 1. The van der Waals surface area contributed by atoms with E-state index in [2.05, 4.69) is 0 Å². The van der Waals surface area contributed by atoms with E-state index in [9.17, 15) is 9.59 Å². The molecule has 0 aliphatic carbocycles. The maximum atomic E-state index is 11.6. The van der Waals surface area contributed by atoms with E-state index >= 15 is 0 Å². The smallest absolute Gasteiger partial charge is 0.339 e. The Morgan fingerprint density at radius 2 is 2.19 bits per heavy atom. The van der Waals surface area contributed by atoms with E-state index in [1.54, 1.807) is 12.1 Å². The second-order valence-electron chi connectivity index (χ2n) is 3.91. The number of hydrogen-bond donors (Lipinski definition) is 0. The summed E-state index contributed by atoms with van der Waals surface area (Å²) in [5, 5.41) is 0.607. The van der Waals surface area contributed by atoms with Crippen molar-refractivity contribution < 1.29 is 14.3 Å². The van der Waals surface area contributed by atoms with Gasteiger partial charge in [0.05, 0.1) is 5.56 Å². The number of rotatable bonds is 1. The molecule has 16 heavy (non-hydrogen) atoms. The molecule has 3 nitrogen and oxygen atoms in total. The predicted molar refractivity (Wildman–Crippen MR) is 59.8 cm³/mol. The van der Waals surface area contributed by atoms with Crippen molar-refractivity contribution in [3.8, 4) is 0 Å². The Hall–Kier alpha value is -1.35. The summed E-state index contributed by atoms with van der Waals surface area (Å²) in [5.41, 5.74) is 2.19. The quantitative estimate of drug-likeness (QED) is 0.706. The molecule has 1 aliphatic heterocycles. The van der Waals surface area contributed by atoms with Crippen LogP contribution >= 0.6 is 11.6 Å². The minimum Gasteiger partial charge on any atom is -0.450 e. The highest BCUT2D eigenvalue weighted by atomic mass is 35.5. The Morgan fingerprint density at radius 1 is 1.50 bits per heavy atom. The van der Waals surface area contributed by atoms with E-state index in [-0.39, 0.29) is 5.78 Å². The fourth-order valence-corrected chi connectivity index (χ4v) is 2.01. The van der Waals surface area contributed by atoms with E-state index in [1.165, 1.54) is 6.92 Å². The Morgan fingerprint density at radius 3 is 2.81 bits per heavy atom. The number of carbonyl (C=O) groups excluding carboxylic acids is 2. The molecule has 1 heterocycles. The molecule has 1 aliphatic rings. The van der Waals surface area contributed by atoms with Crippen molar-refractivity contribution in [3.05, 3.63) is 33.8 Å². The lowest BCUT2D eigenvalue weighted by Crippen LogP contribution is -2.33. The summed E-state index contributed by atoms with van der Waals surface area (Å²) < 4.78 is 5.04. The van der Waals surface area contributed by atoms with Gasteiger partial charge in [-0.25, -0.2) is 4.79 Å². The summed E-state index contributed by atoms with van der Waals surface area (Å²) in [6.07, 6.45) is -0.250. The molecule has 0 bridgehead atoms. The largest absolute Gasteiger partial charge is 0.450 e. The second kappa shape index (κ2) is 3.91. The highest BCUT2D eigenvalue weighted by molar-refractivity contribution is 6.31. The van der Waals surface area contributed by atoms with Gasteiger partial charge in [0, 0.05) is 11.4 Å². The van der Waals surface area contributed by atoms with E-state index in [1.807, 2.05) is 6.92 Å². The maximum Gasteiger partial charge on any atom is 0.339 e. The average Bonchev–Trinajstić information content (AvgIpc) is 2.23. The zero-order valence-electron chi connectivity index (χ0n) is 9.04. The van der Waals surface area contributed by atoms with Crippen LogP contribution in [0.15, 0.2) is 12.1 Å². The van der Waals surface area contributed by atoms with E-state index in [4.69, 9.17) is 16.3 Å². The number of cyclic esters (lactones) is 1. The van der Waals surface area contributed by atoms with Gasteiger partial charge in [0.1, 0.15) is 0 Å². The normalized spacial score (nSPS) is 18.9. The Kier molecular flexibility index (Phi) is 2.72. The Balaban J connectivity index is 2.51. The van der Waals surface area contributed by atoms with Crippen LogP contribution in [0, 0.1) is 6.92 Å². The number of esters is 1. The van der Waals surface area contributed by atoms with Crippen molar-refractivity contribution in [1.29, 1.82) is 0 Å². The van der Waals surface area contributed by atoms with Crippen LogP contribution in [0.25, 0.3) is 0 Å². The van der Waals surface area contributed by atoms with Crippen LogP contribution in [-0.4, -0.2) is 17.9 Å². The average molecular weight is 239 g/mol. The highest BCUT2D eigenvalue weighted by Gasteiger charge is 2.30. The molecular weight excluding hydrogens is 228 g/mol. The van der Waals surface area contributed by atoms with Gasteiger partial charge in [0.15, 0.2) is 11.9 Å². The molecule has 0 fully saturated rings. The summed E-state index contributed by atoms with van der Waals surface area (Å²) in [6.45, 7) is 3.26. The van der Waals surface area contributed by atoms with Crippen LogP contribution in [-0.2, 0) is 16.0 Å². The van der Waals surface area contributed by atoms with Crippen LogP contribution in [0.3, 0.4) is 0 Å². The third kappa shape index (κ3) is 1.71.